The number of H-pyrrole nitrogens is 1. The Kier molecular flexibility index (Phi) is 9.24. The molecule has 4 rings (SSSR count). The van der Waals surface area contributed by atoms with Crippen LogP contribution in [-0.2, 0) is 14.4 Å². The summed E-state index contributed by atoms with van der Waals surface area (Å²) in [6, 6.07) is 4.04. The molecule has 0 aliphatic carbocycles. The van der Waals surface area contributed by atoms with Gasteiger partial charge < -0.3 is 35.8 Å². The van der Waals surface area contributed by atoms with Crippen LogP contribution < -0.4 is 10.6 Å². The number of carbonyl (C=O) groups is 4. The number of aromatic amines is 1. The van der Waals surface area contributed by atoms with Crippen molar-refractivity contribution in [2.24, 2.45) is 5.92 Å². The first-order chi connectivity index (χ1) is 19.4. The van der Waals surface area contributed by atoms with Crippen LogP contribution in [0.25, 0.3) is 11.6 Å². The fourth-order valence-corrected chi connectivity index (χ4v) is 5.37. The quantitative estimate of drug-likeness (QED) is 0.238. The molecule has 12 heteroatoms. The van der Waals surface area contributed by atoms with Gasteiger partial charge in [-0.1, -0.05) is 0 Å². The molecule has 6 N–H and O–H groups in total. The van der Waals surface area contributed by atoms with Crippen LogP contribution in [0.1, 0.15) is 65.0 Å². The monoisotopic (exact) mass is 570 g/mol. The number of anilines is 1. The molecule has 3 heterocycles. The number of aliphatic carboxylic acids is 1. The number of aromatic nitrogens is 1. The number of fused-ring (bicyclic) bond motifs is 1. The number of carbonyl (C=O) groups excluding carboxylic acids is 3. The van der Waals surface area contributed by atoms with Gasteiger partial charge in [0.05, 0.1) is 35.7 Å². The van der Waals surface area contributed by atoms with Crippen molar-refractivity contribution in [2.45, 2.75) is 58.2 Å². The number of hydrogen-bond donors (Lipinski definition) is 6. The summed E-state index contributed by atoms with van der Waals surface area (Å²) in [5.74, 6) is -2.83. The van der Waals surface area contributed by atoms with Gasteiger partial charge >= 0.3 is 5.97 Å². The van der Waals surface area contributed by atoms with Crippen LogP contribution in [0, 0.1) is 25.6 Å². The van der Waals surface area contributed by atoms with Crippen LogP contribution in [-0.4, -0.2) is 80.7 Å². The molecule has 0 unspecified atom stereocenters. The molecule has 0 saturated carbocycles. The number of rotatable bonds is 10. The minimum Gasteiger partial charge on any atom is -0.481 e. The second-order valence-electron chi connectivity index (χ2n) is 10.7. The number of aliphatic hydroxyl groups excluding tert-OH is 2. The normalized spacial score (nSPS) is 17.7. The van der Waals surface area contributed by atoms with Crippen LogP contribution in [0.3, 0.4) is 0 Å². The predicted octanol–water partition coefficient (Wildman–Crippen LogP) is 2.21. The topological polar surface area (TPSA) is 172 Å². The molecular weight excluding hydrogens is 535 g/mol. The van der Waals surface area contributed by atoms with Gasteiger partial charge in [-0.2, -0.15) is 0 Å². The highest BCUT2D eigenvalue weighted by Crippen LogP contribution is 2.34. The minimum atomic E-state index is -1.07. The zero-order valence-electron chi connectivity index (χ0n) is 23.0. The lowest BCUT2D eigenvalue weighted by molar-refractivity contribution is -0.146. The van der Waals surface area contributed by atoms with Crippen LogP contribution in [0.5, 0.6) is 0 Å². The van der Waals surface area contributed by atoms with Crippen molar-refractivity contribution < 1.29 is 38.9 Å². The molecule has 0 bridgehead atoms. The van der Waals surface area contributed by atoms with Gasteiger partial charge in [-0.25, -0.2) is 4.39 Å². The molecule has 11 nitrogen and oxygen atoms in total. The van der Waals surface area contributed by atoms with Crippen molar-refractivity contribution >= 4 is 41.0 Å². The fourth-order valence-electron chi connectivity index (χ4n) is 5.37. The highest BCUT2D eigenvalue weighted by atomic mass is 19.1. The molecular formula is C29H35FN4O7. The SMILES string of the molecule is Cc1[nH]c(/C=C2\C(=O)Nc3ccc(F)cc32)c(C)c1C(=O)NCC[C@@H](O)C[C@@H](O)CC(=O)N1CCC(C(=O)O)CC1. The van der Waals surface area contributed by atoms with Crippen molar-refractivity contribution in [3.05, 3.63) is 52.1 Å². The van der Waals surface area contributed by atoms with E-state index in [0.29, 0.717) is 59.7 Å². The maximum Gasteiger partial charge on any atom is 0.306 e. The number of hydrogen-bond acceptors (Lipinski definition) is 6. The maximum atomic E-state index is 13.8. The number of carboxylic acid groups (broad SMARTS) is 1. The summed E-state index contributed by atoms with van der Waals surface area (Å²) in [6.45, 7) is 4.23. The first kappa shape index (κ1) is 29.9. The number of nitrogens with one attached hydrogen (secondary N) is 3. The van der Waals surface area contributed by atoms with E-state index in [1.165, 1.54) is 23.1 Å². The summed E-state index contributed by atoms with van der Waals surface area (Å²) in [4.78, 5) is 53.5. The molecule has 1 saturated heterocycles. The molecule has 2 atom stereocenters. The summed E-state index contributed by atoms with van der Waals surface area (Å²) in [7, 11) is 0. The third-order valence-electron chi connectivity index (χ3n) is 7.67. The van der Waals surface area contributed by atoms with E-state index in [2.05, 4.69) is 15.6 Å². The summed E-state index contributed by atoms with van der Waals surface area (Å²) < 4.78 is 13.8. The van der Waals surface area contributed by atoms with Crippen molar-refractivity contribution in [1.82, 2.24) is 15.2 Å². The van der Waals surface area contributed by atoms with E-state index >= 15 is 0 Å². The van der Waals surface area contributed by atoms with Crippen molar-refractivity contribution in [3.63, 3.8) is 0 Å². The molecule has 1 aromatic carbocycles. The zero-order valence-corrected chi connectivity index (χ0v) is 23.0. The molecule has 2 aliphatic heterocycles. The zero-order chi connectivity index (χ0) is 29.8. The minimum absolute atomic E-state index is 0.0444. The van der Waals surface area contributed by atoms with E-state index in [1.54, 1.807) is 19.9 Å². The van der Waals surface area contributed by atoms with Crippen LogP contribution in [0.4, 0.5) is 10.1 Å². The number of benzene rings is 1. The van der Waals surface area contributed by atoms with Gasteiger partial charge in [0.25, 0.3) is 11.8 Å². The van der Waals surface area contributed by atoms with E-state index in [9.17, 15) is 33.8 Å². The molecule has 1 aromatic heterocycles. The van der Waals surface area contributed by atoms with Crippen molar-refractivity contribution in [3.8, 4) is 0 Å². The number of amides is 3. The summed E-state index contributed by atoms with van der Waals surface area (Å²) >= 11 is 0. The Morgan fingerprint density at radius 2 is 1.88 bits per heavy atom. The summed E-state index contributed by atoms with van der Waals surface area (Å²) in [6.07, 6.45) is 0.258. The third-order valence-corrected chi connectivity index (χ3v) is 7.67. The number of likely N-dealkylation sites (tertiary alicyclic amines) is 1. The van der Waals surface area contributed by atoms with E-state index in [0.717, 1.165) is 0 Å². The maximum absolute atomic E-state index is 13.8. The number of carboxylic acids is 1. The average Bonchev–Trinajstić information content (AvgIpc) is 3.37. The van der Waals surface area contributed by atoms with Crippen molar-refractivity contribution in [2.75, 3.05) is 25.0 Å². The van der Waals surface area contributed by atoms with E-state index in [1.807, 2.05) is 0 Å². The van der Waals surface area contributed by atoms with Gasteiger partial charge in [-0.05, 0) is 69.4 Å². The Balaban J connectivity index is 1.27. The largest absolute Gasteiger partial charge is 0.481 e. The van der Waals surface area contributed by atoms with Crippen LogP contribution in [0.15, 0.2) is 18.2 Å². The fraction of sp³-hybridized carbons (Fsp3) is 0.448. The number of halogens is 1. The molecule has 2 aliphatic rings. The number of aliphatic hydroxyl groups is 2. The lowest BCUT2D eigenvalue weighted by atomic mass is 9.96. The second-order valence-corrected chi connectivity index (χ2v) is 10.7. The van der Waals surface area contributed by atoms with Gasteiger partial charge in [-0.3, -0.25) is 19.2 Å². The Morgan fingerprint density at radius 1 is 1.17 bits per heavy atom. The van der Waals surface area contributed by atoms with Gasteiger partial charge in [0, 0.05) is 42.3 Å². The average molecular weight is 571 g/mol. The lowest BCUT2D eigenvalue weighted by Crippen LogP contribution is -2.41. The molecule has 2 aromatic rings. The Bertz CT molecular complexity index is 1380. The van der Waals surface area contributed by atoms with Gasteiger partial charge in [0.1, 0.15) is 5.82 Å². The second kappa shape index (κ2) is 12.6. The van der Waals surface area contributed by atoms with Gasteiger partial charge in [0.2, 0.25) is 5.91 Å². The van der Waals surface area contributed by atoms with E-state index in [4.69, 9.17) is 5.11 Å². The lowest BCUT2D eigenvalue weighted by Gasteiger charge is -2.31. The summed E-state index contributed by atoms with van der Waals surface area (Å²) in [5.41, 5.74) is 3.33. The van der Waals surface area contributed by atoms with Crippen molar-refractivity contribution in [1.29, 1.82) is 0 Å². The predicted molar refractivity (Wildman–Crippen MR) is 148 cm³/mol. The van der Waals surface area contributed by atoms with E-state index in [-0.39, 0.29) is 49.1 Å². The van der Waals surface area contributed by atoms with Crippen LogP contribution >= 0.6 is 0 Å². The Morgan fingerprint density at radius 3 is 2.56 bits per heavy atom. The number of piperidine rings is 1. The standard InChI is InChI=1S/C29H35FN4O7/c1-15-24(14-22-21-11-18(30)3-4-23(21)33-27(22)38)32-16(2)26(15)28(39)31-8-5-19(35)12-20(36)13-25(37)34-9-6-17(7-10-34)29(40)41/h3-4,11,14,17,19-20,32,35-36H,5-10,12-13H2,1-2H3,(H,31,39)(H,33,38)(H,40,41)/b22-14-/t19-,20-/m1/s1. The highest BCUT2D eigenvalue weighted by Gasteiger charge is 2.29. The molecule has 41 heavy (non-hydrogen) atoms. The third kappa shape index (κ3) is 7.01. The first-order valence-electron chi connectivity index (χ1n) is 13.6. The van der Waals surface area contributed by atoms with Crippen LogP contribution in [0.2, 0.25) is 0 Å². The summed E-state index contributed by atoms with van der Waals surface area (Å²) in [5, 5.41) is 35.2. The molecule has 3 amide bonds. The Labute approximate surface area is 236 Å². The number of nitrogens with zero attached hydrogens (tertiary/aromatic N) is 1. The van der Waals surface area contributed by atoms with E-state index < -0.39 is 29.9 Å². The highest BCUT2D eigenvalue weighted by molar-refractivity contribution is 6.34. The van der Waals surface area contributed by atoms with Gasteiger partial charge in [-0.15, -0.1) is 0 Å². The molecule has 1 fully saturated rings. The molecule has 220 valence electrons. The smallest absolute Gasteiger partial charge is 0.306 e. The molecule has 0 radical (unpaired) electrons. The Hall–Kier alpha value is -4.03. The molecule has 0 spiro atoms. The van der Waals surface area contributed by atoms with Gasteiger partial charge in [0.15, 0.2) is 0 Å². The number of aryl methyl sites for hydroxylation is 1. The first-order valence-corrected chi connectivity index (χ1v) is 13.6.